The van der Waals surface area contributed by atoms with Crippen LogP contribution in [0.3, 0.4) is 0 Å². The van der Waals surface area contributed by atoms with Gasteiger partial charge in [0.2, 0.25) is 0 Å². The van der Waals surface area contributed by atoms with E-state index in [4.69, 9.17) is 5.73 Å². The number of nitrogen functional groups attached to an aromatic ring is 1. The normalized spacial score (nSPS) is 15.3. The maximum Gasteiger partial charge on any atom is 0.261 e. The van der Waals surface area contributed by atoms with Crippen LogP contribution in [-0.2, 0) is 12.8 Å². The lowest BCUT2D eigenvalue weighted by Crippen LogP contribution is -2.33. The minimum atomic E-state index is -0.621. The lowest BCUT2D eigenvalue weighted by molar-refractivity contribution is 0.0971. The number of nitrogens with two attached hydrogens (primary N) is 1. The number of hydrogen-bond acceptors (Lipinski definition) is 7. The van der Waals surface area contributed by atoms with Gasteiger partial charge in [0, 0.05) is 58.2 Å². The number of ketones is 2. The van der Waals surface area contributed by atoms with Crippen LogP contribution in [0.1, 0.15) is 86.8 Å². The Bertz CT molecular complexity index is 2130. The van der Waals surface area contributed by atoms with Gasteiger partial charge in [0.25, 0.3) is 5.91 Å². The molecule has 1 atom stereocenters. The van der Waals surface area contributed by atoms with E-state index in [-0.39, 0.29) is 40.3 Å². The Hall–Kier alpha value is -4.17. The number of carbonyl (C=O) groups is 3. The summed E-state index contributed by atoms with van der Waals surface area (Å²) >= 11 is 3.19. The van der Waals surface area contributed by atoms with Gasteiger partial charge in [0.15, 0.2) is 11.6 Å². The van der Waals surface area contributed by atoms with Crippen LogP contribution >= 0.6 is 32.6 Å². The van der Waals surface area contributed by atoms with Gasteiger partial charge in [-0.1, -0.05) is 43.8 Å². The Morgan fingerprint density at radius 2 is 1.35 bits per heavy atom. The number of rotatable bonds is 7. The number of carbonyl (C=O) groups excluding carboxylic acids is 3. The van der Waals surface area contributed by atoms with E-state index >= 15 is 0 Å². The number of amides is 1. The smallest absolute Gasteiger partial charge is 0.261 e. The van der Waals surface area contributed by atoms with E-state index in [1.807, 2.05) is 30.3 Å². The van der Waals surface area contributed by atoms with E-state index in [2.05, 4.69) is 35.6 Å². The molecule has 0 bridgehead atoms. The molecule has 270 valence electrons. The van der Waals surface area contributed by atoms with Crippen LogP contribution in [0.15, 0.2) is 78.9 Å². The van der Waals surface area contributed by atoms with E-state index in [0.717, 1.165) is 63.7 Å². The number of anilines is 3. The molecule has 0 spiro atoms. The van der Waals surface area contributed by atoms with Crippen LogP contribution in [0.5, 0.6) is 0 Å². The molecule has 0 radical (unpaired) electrons. The molecule has 2 aliphatic heterocycles. The summed E-state index contributed by atoms with van der Waals surface area (Å²) in [5.41, 5.74) is 12.4. The van der Waals surface area contributed by atoms with Gasteiger partial charge in [-0.15, -0.1) is 22.7 Å². The summed E-state index contributed by atoms with van der Waals surface area (Å²) in [6, 6.07) is 24.3. The number of Topliss-reactive ketones (excluding diaryl/α,β-unsaturated/α-hetero) is 2. The van der Waals surface area contributed by atoms with Crippen molar-refractivity contribution < 1.29 is 18.8 Å². The third kappa shape index (κ3) is 7.92. The maximum absolute atomic E-state index is 14.4. The van der Waals surface area contributed by atoms with Crippen LogP contribution < -0.4 is 16.0 Å². The summed E-state index contributed by atoms with van der Waals surface area (Å²) in [4.78, 5) is 43.8. The Kier molecular flexibility index (Phi) is 11.4. The first-order chi connectivity index (χ1) is 24.3. The monoisotopic (exact) mass is 753 g/mol. The molecule has 3 N–H and O–H groups in total. The van der Waals surface area contributed by atoms with E-state index in [0.29, 0.717) is 37.0 Å². The predicted molar refractivity (Wildman–Crippen MR) is 219 cm³/mol. The Morgan fingerprint density at radius 3 is 1.98 bits per heavy atom. The molecular weight excluding hydrogens is 709 g/mol. The molecule has 5 aromatic rings. The second-order valence-electron chi connectivity index (χ2n) is 13.8. The van der Waals surface area contributed by atoms with Crippen molar-refractivity contribution in [3.8, 4) is 20.9 Å². The molecule has 6 nitrogen and oxygen atoms in total. The Morgan fingerprint density at radius 1 is 0.769 bits per heavy atom. The van der Waals surface area contributed by atoms with E-state index in [1.54, 1.807) is 16.2 Å². The van der Waals surface area contributed by atoms with E-state index in [9.17, 15) is 18.8 Å². The summed E-state index contributed by atoms with van der Waals surface area (Å²) < 4.78 is 14.4. The molecule has 4 heterocycles. The zero-order valence-corrected chi connectivity index (χ0v) is 31.4. The second kappa shape index (κ2) is 15.8. The first kappa shape index (κ1) is 37.6. The Balaban J connectivity index is 0.000000184. The molecule has 9 rings (SSSR count). The van der Waals surface area contributed by atoms with Crippen LogP contribution in [-0.4, -0.2) is 30.6 Å². The summed E-state index contributed by atoms with van der Waals surface area (Å²) in [7, 11) is 0. The number of fused-ring (bicyclic) bond motifs is 6. The third-order valence-corrected chi connectivity index (χ3v) is 12.4. The quantitative estimate of drug-likeness (QED) is 0.0981. The summed E-state index contributed by atoms with van der Waals surface area (Å²) in [6.07, 6.45) is 7.77. The highest BCUT2D eigenvalue weighted by Gasteiger charge is 2.31. The zero-order valence-electron chi connectivity index (χ0n) is 28.4. The van der Waals surface area contributed by atoms with Crippen LogP contribution in [0.25, 0.3) is 20.9 Å². The van der Waals surface area contributed by atoms with Crippen molar-refractivity contribution in [1.29, 1.82) is 0 Å². The molecule has 4 aliphatic rings. The summed E-state index contributed by atoms with van der Waals surface area (Å²) in [5.74, 6) is 0.763. The fourth-order valence-corrected chi connectivity index (χ4v) is 9.20. The SMILES string of the molecule is C.Nc1ccc(C(=O)N2CCc3cc(C(=O)CC4CC4)sc3-c3ccccc32)c(F)c1.O=C(CC1CC1)c1cc2c(s1)-c1ccccc1NCC2.P. The lowest BCUT2D eigenvalue weighted by atomic mass is 10.1. The molecular formula is C42H45FN3O3PS2. The van der Waals surface area contributed by atoms with Crippen molar-refractivity contribution in [2.75, 3.05) is 29.0 Å². The molecule has 2 aromatic heterocycles. The average molecular weight is 754 g/mol. The average Bonchev–Trinajstić information content (AvgIpc) is 4.05. The first-order valence-electron chi connectivity index (χ1n) is 17.4. The van der Waals surface area contributed by atoms with Crippen molar-refractivity contribution in [2.45, 2.75) is 58.8 Å². The zero-order chi connectivity index (χ0) is 34.4. The fraction of sp³-hybridized carbons (Fsp3) is 0.310. The topological polar surface area (TPSA) is 92.5 Å². The van der Waals surface area contributed by atoms with E-state index in [1.165, 1.54) is 64.1 Å². The number of benzene rings is 3. The highest BCUT2D eigenvalue weighted by atomic mass is 32.1. The Labute approximate surface area is 316 Å². The van der Waals surface area contributed by atoms with Crippen LogP contribution in [0.2, 0.25) is 0 Å². The van der Waals surface area contributed by atoms with Crippen molar-refractivity contribution >= 4 is 67.1 Å². The number of hydrogen-bond donors (Lipinski definition) is 2. The lowest BCUT2D eigenvalue weighted by Gasteiger charge is -2.23. The first-order valence-corrected chi connectivity index (χ1v) is 19.1. The molecule has 2 fully saturated rings. The number of thiophene rings is 2. The number of nitrogens with zero attached hydrogens (tertiary/aromatic N) is 1. The van der Waals surface area contributed by atoms with Crippen molar-refractivity contribution in [2.24, 2.45) is 11.8 Å². The predicted octanol–water partition coefficient (Wildman–Crippen LogP) is 10.4. The van der Waals surface area contributed by atoms with E-state index < -0.39 is 5.82 Å². The summed E-state index contributed by atoms with van der Waals surface area (Å²) in [5, 5.41) is 3.47. The van der Waals surface area contributed by atoms with Gasteiger partial charge in [-0.2, -0.15) is 9.90 Å². The molecule has 52 heavy (non-hydrogen) atoms. The highest BCUT2D eigenvalue weighted by molar-refractivity contribution is 7.18. The number of nitrogens with one attached hydrogen (secondary N) is 1. The largest absolute Gasteiger partial charge is 0.399 e. The minimum absolute atomic E-state index is 0. The molecule has 1 amide bonds. The number of para-hydroxylation sites is 2. The van der Waals surface area contributed by atoms with Gasteiger partial charge in [0.05, 0.1) is 21.0 Å². The molecule has 0 saturated heterocycles. The molecule has 1 unspecified atom stereocenters. The molecule has 3 aromatic carbocycles. The minimum Gasteiger partial charge on any atom is -0.399 e. The van der Waals surface area contributed by atoms with Gasteiger partial charge < -0.3 is 16.0 Å². The van der Waals surface area contributed by atoms with Crippen molar-refractivity contribution in [1.82, 2.24) is 0 Å². The van der Waals surface area contributed by atoms with Crippen molar-refractivity contribution in [3.63, 3.8) is 0 Å². The van der Waals surface area contributed by atoms with Gasteiger partial charge in [-0.3, -0.25) is 14.4 Å². The van der Waals surface area contributed by atoms with Gasteiger partial charge in [-0.25, -0.2) is 4.39 Å². The molecule has 10 heteroatoms. The second-order valence-corrected chi connectivity index (χ2v) is 15.9. The van der Waals surface area contributed by atoms with Crippen LogP contribution in [0.4, 0.5) is 21.5 Å². The molecule has 2 saturated carbocycles. The number of halogens is 1. The van der Waals surface area contributed by atoms with Gasteiger partial charge in [0.1, 0.15) is 5.82 Å². The van der Waals surface area contributed by atoms with Crippen LogP contribution in [0, 0.1) is 17.7 Å². The fourth-order valence-electron chi connectivity index (χ4n) is 6.81. The van der Waals surface area contributed by atoms with Gasteiger partial charge >= 0.3 is 0 Å². The molecule has 2 aliphatic carbocycles. The maximum atomic E-state index is 14.4. The van der Waals surface area contributed by atoms with Crippen molar-refractivity contribution in [3.05, 3.63) is 111 Å². The summed E-state index contributed by atoms with van der Waals surface area (Å²) in [6.45, 7) is 1.36. The standard InChI is InChI=1S/C24H21FN2O2S.C17H17NOS.CH4.H3P/c25-19-13-16(26)7-8-17(19)24(29)27-10-9-15-12-22(21(28)11-14-5-6-14)30-23(15)18-3-1-2-4-20(18)27;19-15(9-11-5-6-11)16-10-12-7-8-18-14-4-2-1-3-13(14)17(12)20-16;;/h1-4,7-8,12-14H,5-6,9-11,26H2;1-4,10-11,18H,5-9H2;1H4;1H3. The van der Waals surface area contributed by atoms with Gasteiger partial charge in [-0.05, 0) is 104 Å². The highest BCUT2D eigenvalue weighted by Crippen LogP contribution is 2.44. The third-order valence-electron chi connectivity index (χ3n) is 9.90.